The molecule has 5 aromatic carbocycles. The fourth-order valence-corrected chi connectivity index (χ4v) is 17.0. The molecule has 39 nitrogen and oxygen atoms in total. The van der Waals surface area contributed by atoms with Gasteiger partial charge in [0.15, 0.2) is 23.3 Å². The van der Waals surface area contributed by atoms with Crippen LogP contribution in [0.15, 0.2) is 277 Å². The van der Waals surface area contributed by atoms with Crippen molar-refractivity contribution in [1.29, 1.82) is 0 Å². The topological polar surface area (TPSA) is 494 Å². The average molecular weight is 1930 g/mol. The van der Waals surface area contributed by atoms with Crippen LogP contribution in [0, 0.1) is 39.0 Å². The first-order valence-electron chi connectivity index (χ1n) is 46.7. The Morgan fingerprint density at radius 1 is 0.342 bits per heavy atom. The average Bonchev–Trinajstić information content (AvgIpc) is 1.62. The molecule has 0 spiro atoms. The Balaban J connectivity index is 0.000000111. The van der Waals surface area contributed by atoms with Gasteiger partial charge in [0.1, 0.15) is 44.8 Å². The van der Waals surface area contributed by atoms with Gasteiger partial charge in [-0.1, -0.05) is 89.2 Å². The third kappa shape index (κ3) is 18.6. The Morgan fingerprint density at radius 2 is 0.651 bits per heavy atom. The van der Waals surface area contributed by atoms with Gasteiger partial charge in [-0.3, -0.25) is 74.7 Å². The van der Waals surface area contributed by atoms with Crippen LogP contribution in [0.1, 0.15) is 63.0 Å². The number of imidazole rings is 8. The van der Waals surface area contributed by atoms with Crippen LogP contribution in [0.5, 0.6) is 0 Å². The quantitative estimate of drug-likeness (QED) is 0.0358. The second kappa shape index (κ2) is 38.0. The summed E-state index contributed by atoms with van der Waals surface area (Å²) < 4.78 is 7.66. The summed E-state index contributed by atoms with van der Waals surface area (Å²) >= 11 is 0. The summed E-state index contributed by atoms with van der Waals surface area (Å²) in [5.74, 6) is 2.25. The van der Waals surface area contributed by atoms with Crippen LogP contribution in [0.4, 0.5) is 22.7 Å². The number of nitrogens with one attached hydrogen (secondary N) is 11. The number of anilines is 4. The molecule has 0 aliphatic heterocycles. The second-order valence-electron chi connectivity index (χ2n) is 36.9. The number of carbonyl (C=O) groups is 3. The number of amides is 3. The molecular formula is C107H92N36O3. The standard InChI is InChI=1S/C30H23N9O.C27H25N9O.C26H23N9O.C24H21N9/c1-18-16-39(17-33-18)26-15-32-14-25-29(26)36-30(35-25)28-23-11-20(7-8-24(23)37-38-28)21-10-22(13-31-12-21)34-27(40)9-19-5-3-2-4-6-19;1-15-13-36(14-30-15)22-12-29-11-21-24(22)33-25(32-21)23-19-8-16(5-6-20(19)34-35-23)17-7-18(10-28-9-17)31-26(37)27(2,3)4;1-14(2)26(36)30-18-6-17(8-27-9-18)16-4-5-20-19(7-16)23(34-33-20)25-31-21-10-28-11-22(24(21)32-25)35-12-15(3)29-13-35;1-14-12-33(13-27-14)21-11-26-10-20-23(21)29-24(28-20)22-18-7-15(4-5-19(18)30-31-22)16-6-17(32(2)3)9-25-8-16/h2-8,10-17H,9H2,1H3,(H,34,40)(H,35,36)(H,37,38);5-14H,1-4H3,(H,31,37)(H,32,33)(H,34,35);4-14H,1-3H3,(H,30,36)(H,31,32)(H,33,34);4-13H,1-3H3,(H,28,29)(H,30,31). The monoisotopic (exact) mass is 1930 g/mol. The van der Waals surface area contributed by atoms with Crippen molar-refractivity contribution in [3.05, 3.63) is 305 Å². The van der Waals surface area contributed by atoms with Crippen molar-refractivity contribution in [3.63, 3.8) is 0 Å². The van der Waals surface area contributed by atoms with E-state index in [2.05, 4.69) is 155 Å². The number of rotatable bonds is 19. The van der Waals surface area contributed by atoms with Gasteiger partial charge in [0.05, 0.1) is 219 Å². The van der Waals surface area contributed by atoms with Crippen LogP contribution >= 0.6 is 0 Å². The molecule has 20 heterocycles. The summed E-state index contributed by atoms with van der Waals surface area (Å²) in [5.41, 5.74) is 30.9. The number of hydrogen-bond acceptors (Lipinski definition) is 24. The number of nitrogens with zero attached hydrogens (tertiary/aromatic N) is 25. The smallest absolute Gasteiger partial charge is 0.229 e. The summed E-state index contributed by atoms with van der Waals surface area (Å²) in [6.07, 6.45) is 43.2. The van der Waals surface area contributed by atoms with Gasteiger partial charge in [0, 0.05) is 119 Å². The molecule has 0 bridgehead atoms. The molecule has 0 fully saturated rings. The Morgan fingerprint density at radius 3 is 0.959 bits per heavy atom. The molecule has 39 heteroatoms. The first-order valence-corrected chi connectivity index (χ1v) is 46.7. The van der Waals surface area contributed by atoms with E-state index in [1.807, 2.05) is 246 Å². The number of fused-ring (bicyclic) bond motifs is 8. The van der Waals surface area contributed by atoms with Crippen molar-refractivity contribution in [2.45, 2.75) is 68.7 Å². The fourth-order valence-electron chi connectivity index (χ4n) is 17.0. The summed E-state index contributed by atoms with van der Waals surface area (Å²) in [6.45, 7) is 17.1. The third-order valence-electron chi connectivity index (χ3n) is 24.6. The normalized spacial score (nSPS) is 11.6. The number of pyridine rings is 8. The number of aromatic nitrogens is 32. The minimum Gasteiger partial charge on any atom is -0.376 e. The molecule has 25 aromatic rings. The lowest BCUT2D eigenvalue weighted by atomic mass is 9.95. The lowest BCUT2D eigenvalue weighted by Gasteiger charge is -2.17. The van der Waals surface area contributed by atoms with E-state index >= 15 is 0 Å². The molecule has 0 atom stereocenters. The third-order valence-corrected chi connectivity index (χ3v) is 24.6. The molecular weight excluding hydrogens is 1840 g/mol. The molecule has 0 radical (unpaired) electrons. The van der Waals surface area contributed by atoms with Gasteiger partial charge in [-0.2, -0.15) is 20.4 Å². The van der Waals surface area contributed by atoms with Crippen molar-refractivity contribution in [2.24, 2.45) is 11.3 Å². The Hall–Kier alpha value is -19.9. The van der Waals surface area contributed by atoms with E-state index in [-0.39, 0.29) is 23.6 Å². The van der Waals surface area contributed by atoms with Crippen LogP contribution in [0.3, 0.4) is 0 Å². The lowest BCUT2D eigenvalue weighted by Crippen LogP contribution is -2.27. The first-order chi connectivity index (χ1) is 70.9. The van der Waals surface area contributed by atoms with Gasteiger partial charge >= 0.3 is 0 Å². The molecule has 3 amide bonds. The molecule has 20 aromatic heterocycles. The lowest BCUT2D eigenvalue weighted by molar-refractivity contribution is -0.123. The Labute approximate surface area is 830 Å². The molecule has 0 saturated heterocycles. The zero-order valence-corrected chi connectivity index (χ0v) is 80.7. The van der Waals surface area contributed by atoms with Gasteiger partial charge in [0.25, 0.3) is 0 Å². The van der Waals surface area contributed by atoms with E-state index in [0.29, 0.717) is 63.9 Å². The Kier molecular flexibility index (Phi) is 23.8. The highest BCUT2D eigenvalue weighted by molar-refractivity contribution is 6.03. The number of H-pyrrole nitrogens is 8. The minimum absolute atomic E-state index is 0.0499. The first kappa shape index (κ1) is 91.2. The highest BCUT2D eigenvalue weighted by Crippen LogP contribution is 2.40. The number of aromatic amines is 8. The molecule has 0 aliphatic carbocycles. The predicted molar refractivity (Wildman–Crippen MR) is 561 cm³/mol. The van der Waals surface area contributed by atoms with E-state index in [1.54, 1.807) is 112 Å². The predicted octanol–water partition coefficient (Wildman–Crippen LogP) is 19.1. The highest BCUT2D eigenvalue weighted by Gasteiger charge is 2.26. The van der Waals surface area contributed by atoms with Crippen LogP contribution in [0.25, 0.3) is 201 Å². The van der Waals surface area contributed by atoms with Crippen molar-refractivity contribution in [3.8, 4) is 113 Å². The maximum absolute atomic E-state index is 12.6. The van der Waals surface area contributed by atoms with Gasteiger partial charge in [-0.15, -0.1) is 0 Å². The van der Waals surface area contributed by atoms with E-state index < -0.39 is 5.41 Å². The largest absolute Gasteiger partial charge is 0.376 e. The molecule has 25 rings (SSSR count). The van der Waals surface area contributed by atoms with Crippen molar-refractivity contribution in [2.75, 3.05) is 34.9 Å². The maximum Gasteiger partial charge on any atom is 0.229 e. The van der Waals surface area contributed by atoms with Crippen molar-refractivity contribution < 1.29 is 14.4 Å². The molecule has 0 aliphatic rings. The molecule has 11 N–H and O–H groups in total. The number of carbonyl (C=O) groups excluding carboxylic acids is 3. The van der Waals surface area contributed by atoms with Crippen LogP contribution in [0.2, 0.25) is 0 Å². The zero-order valence-electron chi connectivity index (χ0n) is 80.7. The van der Waals surface area contributed by atoms with Gasteiger partial charge in [-0.25, -0.2) is 39.9 Å². The summed E-state index contributed by atoms with van der Waals surface area (Å²) in [4.78, 5) is 124. The van der Waals surface area contributed by atoms with Gasteiger partial charge in [0.2, 0.25) is 17.7 Å². The second-order valence-corrected chi connectivity index (χ2v) is 36.9. The summed E-state index contributed by atoms with van der Waals surface area (Å²) in [7, 11) is 4.02. The molecule has 0 saturated carbocycles. The molecule has 718 valence electrons. The van der Waals surface area contributed by atoms with Crippen molar-refractivity contribution in [1.82, 2.24) is 159 Å². The maximum atomic E-state index is 12.6. The zero-order chi connectivity index (χ0) is 100. The molecule has 146 heavy (non-hydrogen) atoms. The SMILES string of the molecule is Cc1cn(-c2cncc3[nH]c(-c4n[nH]c5ccc(-c6cncc(N(C)C)c6)cc45)nc23)cn1.Cc1cn(-c2cncc3[nH]c(-c4n[nH]c5ccc(-c6cncc(NC(=O)C(C)(C)C)c6)cc45)nc23)cn1.Cc1cn(-c2cncc3[nH]c(-c4n[nH]c5ccc(-c6cncc(NC(=O)C(C)C)c6)cc45)nc23)cn1.Cc1cn(-c2cncc3[nH]c(-c4n[nH]c5ccc(-c6cncc(NC(=O)Cc7ccccc7)c6)cc45)nc23)cn1. The van der Waals surface area contributed by atoms with E-state index in [9.17, 15) is 14.4 Å². The summed E-state index contributed by atoms with van der Waals surface area (Å²) in [6, 6.07) is 41.8. The van der Waals surface area contributed by atoms with E-state index in [0.717, 1.165) is 195 Å². The van der Waals surface area contributed by atoms with E-state index in [4.69, 9.17) is 19.9 Å². The van der Waals surface area contributed by atoms with Gasteiger partial charge in [-0.05, 0) is 128 Å². The van der Waals surface area contributed by atoms with Crippen LogP contribution in [-0.2, 0) is 20.8 Å². The van der Waals surface area contributed by atoms with Crippen molar-refractivity contribution >= 4 is 128 Å². The number of aryl methyl sites for hydroxylation is 4. The Bertz CT molecular complexity index is 9260. The number of benzene rings is 5. The number of hydrogen-bond donors (Lipinski definition) is 11. The highest BCUT2D eigenvalue weighted by atomic mass is 16.2. The summed E-state index contributed by atoms with van der Waals surface area (Å²) in [5, 5.41) is 43.2. The van der Waals surface area contributed by atoms with Gasteiger partial charge < -0.3 is 59.1 Å². The van der Waals surface area contributed by atoms with Crippen LogP contribution in [-0.4, -0.2) is 191 Å². The van der Waals surface area contributed by atoms with Crippen LogP contribution < -0.4 is 20.9 Å². The van der Waals surface area contributed by atoms with E-state index in [1.165, 1.54) is 0 Å². The molecule has 0 unspecified atom stereocenters. The fraction of sp³-hybridized carbons (Fsp3) is 0.131. The minimum atomic E-state index is -0.501.